The van der Waals surface area contributed by atoms with Crippen LogP contribution < -0.4 is 0 Å². The summed E-state index contributed by atoms with van der Waals surface area (Å²) in [6, 6.07) is 0. The molecular weight excluding hydrogens is 387 g/mol. The van der Waals surface area contributed by atoms with E-state index in [1.807, 2.05) is 0 Å². The van der Waals surface area contributed by atoms with Crippen molar-refractivity contribution in [3.8, 4) is 0 Å². The molecule has 0 unspecified atom stereocenters. The Hall–Kier alpha value is 0.759. The summed E-state index contributed by atoms with van der Waals surface area (Å²) in [6.45, 7) is 10.4. The number of rotatable bonds is 18. The first kappa shape index (κ1) is 23.8. The first-order valence-electron chi connectivity index (χ1n) is 10.9. The van der Waals surface area contributed by atoms with Crippen LogP contribution in [0, 0.1) is 0 Å². The summed E-state index contributed by atoms with van der Waals surface area (Å²) in [5, 5.41) is 0. The van der Waals surface area contributed by atoms with Crippen LogP contribution in [-0.2, 0) is 3.07 Å². The molecule has 0 aliphatic carbocycles. The Morgan fingerprint density at radius 1 is 0.478 bits per heavy atom. The van der Waals surface area contributed by atoms with Crippen LogP contribution in [0.5, 0.6) is 0 Å². The van der Waals surface area contributed by atoms with E-state index in [1.54, 1.807) is 0 Å². The second-order valence-electron chi connectivity index (χ2n) is 7.46. The molecule has 2 heteroatoms. The predicted molar refractivity (Wildman–Crippen MR) is 109 cm³/mol. The predicted octanol–water partition coefficient (Wildman–Crippen LogP) is 8.10. The van der Waals surface area contributed by atoms with Gasteiger partial charge in [-0.3, -0.25) is 0 Å². The molecule has 0 aliphatic heterocycles. The quantitative estimate of drug-likeness (QED) is 0.157. The Morgan fingerprint density at radius 2 is 0.957 bits per heavy atom. The Kier molecular flexibility index (Phi) is 18.2. The van der Waals surface area contributed by atoms with Crippen molar-refractivity contribution in [2.45, 2.75) is 124 Å². The van der Waals surface area contributed by atoms with Crippen LogP contribution in [0.15, 0.2) is 0 Å². The van der Waals surface area contributed by atoms with Gasteiger partial charge in [0.1, 0.15) is 0 Å². The fourth-order valence-corrected chi connectivity index (χ4v) is 16.9. The second kappa shape index (κ2) is 17.6. The van der Waals surface area contributed by atoms with Crippen molar-refractivity contribution in [2.75, 3.05) is 6.61 Å². The zero-order valence-electron chi connectivity index (χ0n) is 16.9. The third kappa shape index (κ3) is 13.7. The number of unbranched alkanes of at least 4 members (excludes halogenated alkanes) is 9. The molecule has 0 aromatic heterocycles. The number of hydrogen-bond donors (Lipinski definition) is 0. The maximum atomic E-state index is 6.73. The van der Waals surface area contributed by atoms with E-state index in [0.717, 1.165) is 6.61 Å². The van der Waals surface area contributed by atoms with Crippen molar-refractivity contribution in [3.05, 3.63) is 0 Å². The molecule has 0 rings (SSSR count). The maximum absolute atomic E-state index is 6.73. The van der Waals surface area contributed by atoms with E-state index < -0.39 is 18.8 Å². The molecule has 0 bridgehead atoms. The van der Waals surface area contributed by atoms with Gasteiger partial charge in [0.25, 0.3) is 0 Å². The number of hydrogen-bond acceptors (Lipinski definition) is 1. The zero-order valence-corrected chi connectivity index (χ0v) is 19.8. The van der Waals surface area contributed by atoms with Crippen molar-refractivity contribution in [1.29, 1.82) is 0 Å². The average Bonchev–Trinajstić information content (AvgIpc) is 2.56. The van der Waals surface area contributed by atoms with E-state index in [-0.39, 0.29) is 0 Å². The van der Waals surface area contributed by atoms with E-state index in [9.17, 15) is 0 Å². The van der Waals surface area contributed by atoms with Crippen LogP contribution >= 0.6 is 0 Å². The Labute approximate surface area is 152 Å². The monoisotopic (exact) mass is 434 g/mol. The molecule has 0 radical (unpaired) electrons. The summed E-state index contributed by atoms with van der Waals surface area (Å²) in [7, 11) is 0. The molecule has 0 aromatic carbocycles. The summed E-state index contributed by atoms with van der Waals surface area (Å²) >= 11 is -2.25. The van der Waals surface area contributed by atoms with Gasteiger partial charge in [0.2, 0.25) is 0 Å². The van der Waals surface area contributed by atoms with Crippen molar-refractivity contribution >= 4 is 18.8 Å². The minimum atomic E-state index is -2.25. The Morgan fingerprint density at radius 3 is 1.43 bits per heavy atom. The molecule has 0 saturated heterocycles. The van der Waals surface area contributed by atoms with E-state index in [4.69, 9.17) is 3.07 Å². The van der Waals surface area contributed by atoms with Gasteiger partial charge in [-0.25, -0.2) is 0 Å². The van der Waals surface area contributed by atoms with Crippen LogP contribution in [0.25, 0.3) is 0 Å². The fraction of sp³-hybridized carbons (Fsp3) is 1.00. The molecule has 0 fully saturated rings. The Balaban J connectivity index is 3.96. The third-order valence-electron chi connectivity index (χ3n) is 5.08. The van der Waals surface area contributed by atoms with Crippen molar-refractivity contribution < 1.29 is 3.07 Å². The molecule has 0 aromatic rings. The summed E-state index contributed by atoms with van der Waals surface area (Å²) in [4.78, 5) is 0. The summed E-state index contributed by atoms with van der Waals surface area (Å²) in [5.41, 5.74) is 0. The van der Waals surface area contributed by atoms with Crippen molar-refractivity contribution in [3.63, 3.8) is 0 Å². The molecule has 0 amide bonds. The minimum absolute atomic E-state index is 1.08. The van der Waals surface area contributed by atoms with Crippen LogP contribution in [-0.4, -0.2) is 25.4 Å². The second-order valence-corrected chi connectivity index (χ2v) is 19.3. The van der Waals surface area contributed by atoms with Gasteiger partial charge >= 0.3 is 153 Å². The van der Waals surface area contributed by atoms with Gasteiger partial charge in [-0.1, -0.05) is 0 Å². The SMILES string of the molecule is CCCCCCCCCC[O][Sn]([CH2]CC)([CH2]CCC)[CH2]CCC. The normalized spacial score (nSPS) is 12.0. The molecule has 23 heavy (non-hydrogen) atoms. The first-order chi connectivity index (χ1) is 11.2. The topological polar surface area (TPSA) is 9.23 Å². The van der Waals surface area contributed by atoms with Gasteiger partial charge in [0.15, 0.2) is 0 Å². The van der Waals surface area contributed by atoms with Gasteiger partial charge < -0.3 is 0 Å². The van der Waals surface area contributed by atoms with Crippen LogP contribution in [0.1, 0.15) is 111 Å². The van der Waals surface area contributed by atoms with E-state index in [1.165, 1.54) is 96.8 Å². The van der Waals surface area contributed by atoms with Crippen LogP contribution in [0.2, 0.25) is 13.3 Å². The van der Waals surface area contributed by atoms with Crippen molar-refractivity contribution in [1.82, 2.24) is 0 Å². The molecule has 140 valence electrons. The summed E-state index contributed by atoms with van der Waals surface area (Å²) in [5.74, 6) is 0. The van der Waals surface area contributed by atoms with E-state index in [2.05, 4.69) is 27.7 Å². The van der Waals surface area contributed by atoms with Crippen LogP contribution in [0.4, 0.5) is 0 Å². The van der Waals surface area contributed by atoms with Gasteiger partial charge in [-0.2, -0.15) is 0 Å². The van der Waals surface area contributed by atoms with Gasteiger partial charge in [-0.05, 0) is 0 Å². The summed E-state index contributed by atoms with van der Waals surface area (Å²) < 4.78 is 11.2. The summed E-state index contributed by atoms with van der Waals surface area (Å²) in [6.07, 6.45) is 18.1. The third-order valence-corrected chi connectivity index (χ3v) is 18.7. The molecule has 0 saturated carbocycles. The van der Waals surface area contributed by atoms with E-state index >= 15 is 0 Å². The molecule has 0 spiro atoms. The molecule has 0 atom stereocenters. The molecule has 0 heterocycles. The first-order valence-corrected chi connectivity index (χ1v) is 18.1. The molecular formula is C21H46OSn. The zero-order chi connectivity index (χ0) is 17.2. The standard InChI is InChI=1S/C10H21O.2C4H9.C3H7.Sn/c1-2-3-4-5-6-7-8-9-10-11;2*1-3-4-2;1-3-2;/h2-10H2,1H3;2*1,3-4H2,2H3;1,3H2,2H3;/q-1;;;;+1. The van der Waals surface area contributed by atoms with Gasteiger partial charge in [0, 0.05) is 0 Å². The van der Waals surface area contributed by atoms with Gasteiger partial charge in [-0.15, -0.1) is 0 Å². The van der Waals surface area contributed by atoms with Gasteiger partial charge in [0.05, 0.1) is 0 Å². The molecule has 1 nitrogen and oxygen atoms in total. The molecule has 0 N–H and O–H groups in total. The fourth-order valence-electron chi connectivity index (χ4n) is 3.57. The van der Waals surface area contributed by atoms with Crippen molar-refractivity contribution in [2.24, 2.45) is 0 Å². The van der Waals surface area contributed by atoms with Crippen LogP contribution in [0.3, 0.4) is 0 Å². The average molecular weight is 433 g/mol. The van der Waals surface area contributed by atoms with E-state index in [0.29, 0.717) is 0 Å². The molecule has 0 aliphatic rings. The Bertz CT molecular complexity index is 222.